The fourth-order valence-corrected chi connectivity index (χ4v) is 2.61. The molecule has 1 rings (SSSR count). The third-order valence-corrected chi connectivity index (χ3v) is 3.67. The Kier molecular flexibility index (Phi) is 3.27. The molecule has 0 bridgehead atoms. The zero-order valence-electron chi connectivity index (χ0n) is 4.73. The van der Waals surface area contributed by atoms with Gasteiger partial charge in [-0.25, -0.2) is 0 Å². The lowest BCUT2D eigenvalue weighted by Gasteiger charge is -2.06. The average Bonchev–Trinajstić information content (AvgIpc) is 2.15. The highest BCUT2D eigenvalue weighted by Gasteiger charge is 2.19. The van der Waals surface area contributed by atoms with Crippen molar-refractivity contribution in [2.45, 2.75) is 0 Å². The predicted molar refractivity (Wildman–Crippen MR) is 35.0 cm³/mol. The van der Waals surface area contributed by atoms with E-state index in [1.807, 2.05) is 0 Å². The van der Waals surface area contributed by atoms with Crippen molar-refractivity contribution < 1.29 is 18.8 Å². The van der Waals surface area contributed by atoms with Crippen LogP contribution in [-0.2, 0) is 9.05 Å². The molecule has 0 aromatic heterocycles. The summed E-state index contributed by atoms with van der Waals surface area (Å²) in [5.41, 5.74) is 0. The highest BCUT2D eigenvalue weighted by molar-refractivity contribution is 7.64. The van der Waals surface area contributed by atoms with Crippen LogP contribution in [0.4, 0.5) is 0 Å². The molecule has 1 saturated heterocycles. The van der Waals surface area contributed by atoms with E-state index in [4.69, 9.17) is 18.8 Å². The lowest BCUT2D eigenvalue weighted by atomic mass is 10.8. The molecule has 1 fully saturated rings. The van der Waals surface area contributed by atoms with Crippen molar-refractivity contribution in [3.63, 3.8) is 0 Å². The van der Waals surface area contributed by atoms with Gasteiger partial charge in [-0.15, -0.1) is 0 Å². The molecule has 0 amide bonds. The molecule has 0 spiro atoms. The van der Waals surface area contributed by atoms with E-state index in [1.54, 1.807) is 0 Å². The Morgan fingerprint density at radius 2 is 1.89 bits per heavy atom. The smallest absolute Gasteiger partial charge is 0.179 e. The topological polar surface area (TPSA) is 58.9 Å². The van der Waals surface area contributed by atoms with E-state index in [-0.39, 0.29) is 5.90 Å². The zero-order valence-corrected chi connectivity index (χ0v) is 6.52. The van der Waals surface area contributed by atoms with Gasteiger partial charge in [0.25, 0.3) is 0 Å². The molecule has 0 saturated carbocycles. The first kappa shape index (κ1) is 7.80. The summed E-state index contributed by atoms with van der Waals surface area (Å²) in [4.78, 5) is 17.0. The average molecular weight is 170 g/mol. The van der Waals surface area contributed by atoms with E-state index in [9.17, 15) is 0 Å². The van der Waals surface area contributed by atoms with Crippen molar-refractivity contribution >= 4 is 16.8 Å². The SMILES string of the molecule is OP(O)CP1OCCO1. The van der Waals surface area contributed by atoms with Gasteiger partial charge in [-0.05, 0) is 0 Å². The minimum absolute atomic E-state index is 0.269. The van der Waals surface area contributed by atoms with Crippen LogP contribution in [0, 0.1) is 0 Å². The lowest BCUT2D eigenvalue weighted by Crippen LogP contribution is -1.80. The summed E-state index contributed by atoms with van der Waals surface area (Å²) >= 11 is 0. The third kappa shape index (κ3) is 2.85. The summed E-state index contributed by atoms with van der Waals surface area (Å²) in [6.45, 7) is 1.18. The Bertz CT molecular complexity index is 81.9. The normalized spacial score (nSPS) is 21.7. The number of rotatable bonds is 2. The van der Waals surface area contributed by atoms with Crippen LogP contribution in [0.25, 0.3) is 0 Å². The minimum atomic E-state index is -1.83. The highest BCUT2D eigenvalue weighted by atomic mass is 31.2. The first-order valence-electron chi connectivity index (χ1n) is 2.47. The van der Waals surface area contributed by atoms with E-state index >= 15 is 0 Å². The Morgan fingerprint density at radius 1 is 1.33 bits per heavy atom. The molecule has 6 heteroatoms. The maximum atomic E-state index is 8.49. The Hall–Kier alpha value is 0.700. The molecule has 1 aliphatic rings. The van der Waals surface area contributed by atoms with E-state index < -0.39 is 16.8 Å². The Labute approximate surface area is 55.6 Å². The summed E-state index contributed by atoms with van der Waals surface area (Å²) in [6, 6.07) is 0. The van der Waals surface area contributed by atoms with Gasteiger partial charge in [-0.1, -0.05) is 0 Å². The maximum Gasteiger partial charge on any atom is 0.179 e. The van der Waals surface area contributed by atoms with Gasteiger partial charge in [0.2, 0.25) is 0 Å². The first-order chi connectivity index (χ1) is 4.29. The van der Waals surface area contributed by atoms with Crippen LogP contribution in [0.15, 0.2) is 0 Å². The largest absolute Gasteiger partial charge is 0.350 e. The molecule has 54 valence electrons. The standard InChI is InChI=1S/C3H8O4P2/c4-8(5)3-9-6-1-2-7-9/h4-5H,1-3H2. The van der Waals surface area contributed by atoms with Crippen LogP contribution >= 0.6 is 16.8 Å². The summed E-state index contributed by atoms with van der Waals surface area (Å²) in [7, 11) is -2.79. The molecule has 1 heterocycles. The van der Waals surface area contributed by atoms with E-state index in [1.165, 1.54) is 0 Å². The fourth-order valence-electron chi connectivity index (χ4n) is 0.500. The van der Waals surface area contributed by atoms with Crippen molar-refractivity contribution in [2.75, 3.05) is 19.1 Å². The van der Waals surface area contributed by atoms with Crippen LogP contribution in [0.1, 0.15) is 0 Å². The lowest BCUT2D eigenvalue weighted by molar-refractivity contribution is 0.365. The van der Waals surface area contributed by atoms with Crippen LogP contribution in [-0.4, -0.2) is 28.9 Å². The second-order valence-corrected chi connectivity index (χ2v) is 4.57. The van der Waals surface area contributed by atoms with Gasteiger partial charge in [0.1, 0.15) is 0 Å². The second kappa shape index (κ2) is 3.77. The molecular formula is C3H8O4P2. The summed E-state index contributed by atoms with van der Waals surface area (Å²) in [6.07, 6.45) is 0. The fraction of sp³-hybridized carbons (Fsp3) is 1.00. The van der Waals surface area contributed by atoms with Crippen LogP contribution in [0.5, 0.6) is 0 Å². The van der Waals surface area contributed by atoms with Gasteiger partial charge in [-0.3, -0.25) is 0 Å². The Morgan fingerprint density at radius 3 is 2.33 bits per heavy atom. The van der Waals surface area contributed by atoms with E-state index in [0.29, 0.717) is 13.2 Å². The molecule has 2 N–H and O–H groups in total. The molecule has 0 unspecified atom stereocenters. The molecule has 0 aromatic rings. The highest BCUT2D eigenvalue weighted by Crippen LogP contribution is 2.50. The molecule has 0 aromatic carbocycles. The van der Waals surface area contributed by atoms with Gasteiger partial charge in [-0.2, -0.15) is 0 Å². The van der Waals surface area contributed by atoms with Crippen molar-refractivity contribution in [1.29, 1.82) is 0 Å². The van der Waals surface area contributed by atoms with Crippen molar-refractivity contribution in [3.05, 3.63) is 0 Å². The van der Waals surface area contributed by atoms with E-state index in [2.05, 4.69) is 0 Å². The summed E-state index contributed by atoms with van der Waals surface area (Å²) in [5.74, 6) is 0.269. The molecule has 0 radical (unpaired) electrons. The van der Waals surface area contributed by atoms with Crippen LogP contribution in [0.3, 0.4) is 0 Å². The quantitative estimate of drug-likeness (QED) is 0.595. The number of hydrogen-bond acceptors (Lipinski definition) is 4. The van der Waals surface area contributed by atoms with Crippen molar-refractivity contribution in [3.8, 4) is 0 Å². The summed E-state index contributed by atoms with van der Waals surface area (Å²) in [5, 5.41) is 0. The van der Waals surface area contributed by atoms with Gasteiger partial charge in [0.05, 0.1) is 19.1 Å². The van der Waals surface area contributed by atoms with Gasteiger partial charge in [0, 0.05) is 0 Å². The van der Waals surface area contributed by atoms with E-state index in [0.717, 1.165) is 0 Å². The molecular weight excluding hydrogens is 162 g/mol. The molecule has 1 aliphatic heterocycles. The predicted octanol–water partition coefficient (Wildman–Crippen LogP) is 0.599. The maximum absolute atomic E-state index is 8.49. The number of hydrogen-bond donors (Lipinski definition) is 2. The van der Waals surface area contributed by atoms with Gasteiger partial charge >= 0.3 is 0 Å². The van der Waals surface area contributed by atoms with Crippen LogP contribution < -0.4 is 0 Å². The Balaban J connectivity index is 2.11. The molecule has 0 atom stereocenters. The third-order valence-electron chi connectivity index (χ3n) is 0.796. The van der Waals surface area contributed by atoms with Crippen LogP contribution in [0.2, 0.25) is 0 Å². The zero-order chi connectivity index (χ0) is 6.69. The van der Waals surface area contributed by atoms with Gasteiger partial charge < -0.3 is 18.8 Å². The van der Waals surface area contributed by atoms with Gasteiger partial charge in [0.15, 0.2) is 16.8 Å². The monoisotopic (exact) mass is 170 g/mol. The molecule has 9 heavy (non-hydrogen) atoms. The molecule has 0 aliphatic carbocycles. The van der Waals surface area contributed by atoms with Crippen molar-refractivity contribution in [2.24, 2.45) is 0 Å². The molecule has 4 nitrogen and oxygen atoms in total. The van der Waals surface area contributed by atoms with Crippen molar-refractivity contribution in [1.82, 2.24) is 0 Å². The second-order valence-electron chi connectivity index (χ2n) is 1.51. The summed E-state index contributed by atoms with van der Waals surface area (Å²) < 4.78 is 10.0. The first-order valence-corrected chi connectivity index (χ1v) is 5.27. The minimum Gasteiger partial charge on any atom is -0.350 e.